The monoisotopic (exact) mass is 135 g/mol. The molecule has 0 aliphatic heterocycles. The zero-order valence-electron chi connectivity index (χ0n) is 5.13. The van der Waals surface area contributed by atoms with Crippen molar-refractivity contribution in [1.82, 2.24) is 0 Å². The molecule has 0 aliphatic carbocycles. The Labute approximate surface area is 74.8 Å². The third-order valence-corrected chi connectivity index (χ3v) is 0.808. The van der Waals surface area contributed by atoms with Gasteiger partial charge in [0.15, 0.2) is 0 Å². The molecule has 0 amide bonds. The SMILES string of the molecule is Oc1cccc(F)c1.[Na]. The molecule has 1 aromatic rings. The minimum Gasteiger partial charge on any atom is -0.508 e. The van der Waals surface area contributed by atoms with Gasteiger partial charge in [-0.2, -0.15) is 0 Å². The number of hydrogen-bond donors (Lipinski definition) is 1. The van der Waals surface area contributed by atoms with Crippen LogP contribution in [0, 0.1) is 5.82 Å². The van der Waals surface area contributed by atoms with Gasteiger partial charge in [-0.25, -0.2) is 4.39 Å². The standard InChI is InChI=1S/C6H5FO.Na/c7-5-2-1-3-6(8)4-5;/h1-4,8H;. The van der Waals surface area contributed by atoms with Crippen molar-refractivity contribution in [3.8, 4) is 5.75 Å². The van der Waals surface area contributed by atoms with Gasteiger partial charge in [0.1, 0.15) is 11.6 Å². The van der Waals surface area contributed by atoms with E-state index in [2.05, 4.69) is 0 Å². The van der Waals surface area contributed by atoms with Crippen LogP contribution >= 0.6 is 0 Å². The average molecular weight is 135 g/mol. The fraction of sp³-hybridized carbons (Fsp3) is 0. The third-order valence-electron chi connectivity index (χ3n) is 0.808. The fourth-order valence-electron chi connectivity index (χ4n) is 0.476. The number of phenols is 1. The largest absolute Gasteiger partial charge is 0.508 e. The van der Waals surface area contributed by atoms with E-state index in [0.29, 0.717) is 0 Å². The van der Waals surface area contributed by atoms with E-state index in [-0.39, 0.29) is 35.3 Å². The topological polar surface area (TPSA) is 20.2 Å². The first-order valence-electron chi connectivity index (χ1n) is 2.23. The van der Waals surface area contributed by atoms with Gasteiger partial charge in [0.2, 0.25) is 0 Å². The van der Waals surface area contributed by atoms with Crippen LogP contribution in [0.1, 0.15) is 0 Å². The molecule has 3 heteroatoms. The van der Waals surface area contributed by atoms with Crippen LogP contribution < -0.4 is 0 Å². The summed E-state index contributed by atoms with van der Waals surface area (Å²) in [5.41, 5.74) is 0. The minimum atomic E-state index is -0.412. The number of phenolic OH excluding ortho intramolecular Hbond substituents is 1. The summed E-state index contributed by atoms with van der Waals surface area (Å²) in [7, 11) is 0. The van der Waals surface area contributed by atoms with Gasteiger partial charge in [0.05, 0.1) is 0 Å². The van der Waals surface area contributed by atoms with E-state index in [9.17, 15) is 4.39 Å². The number of benzene rings is 1. The fourth-order valence-corrected chi connectivity index (χ4v) is 0.476. The molecule has 43 valence electrons. The van der Waals surface area contributed by atoms with Crippen molar-refractivity contribution >= 4 is 29.6 Å². The molecule has 9 heavy (non-hydrogen) atoms. The summed E-state index contributed by atoms with van der Waals surface area (Å²) in [6, 6.07) is 5.20. The van der Waals surface area contributed by atoms with E-state index in [1.165, 1.54) is 18.2 Å². The predicted molar refractivity (Wildman–Crippen MR) is 33.8 cm³/mol. The van der Waals surface area contributed by atoms with E-state index < -0.39 is 5.82 Å². The number of aromatic hydroxyl groups is 1. The summed E-state index contributed by atoms with van der Waals surface area (Å²) in [6.45, 7) is 0. The second-order valence-corrected chi connectivity index (χ2v) is 1.48. The van der Waals surface area contributed by atoms with Gasteiger partial charge in [-0.05, 0) is 12.1 Å². The zero-order chi connectivity index (χ0) is 5.98. The molecular weight excluding hydrogens is 130 g/mol. The van der Waals surface area contributed by atoms with Crippen molar-refractivity contribution in [2.75, 3.05) is 0 Å². The van der Waals surface area contributed by atoms with E-state index in [0.717, 1.165) is 6.07 Å². The Kier molecular flexibility index (Phi) is 3.86. The molecule has 0 aliphatic rings. The van der Waals surface area contributed by atoms with Crippen molar-refractivity contribution < 1.29 is 9.50 Å². The molecule has 1 aromatic carbocycles. The van der Waals surface area contributed by atoms with Gasteiger partial charge in [-0.15, -0.1) is 0 Å². The number of rotatable bonds is 0. The van der Waals surface area contributed by atoms with E-state index in [4.69, 9.17) is 5.11 Å². The molecule has 1 nitrogen and oxygen atoms in total. The van der Waals surface area contributed by atoms with Crippen LogP contribution in [-0.2, 0) is 0 Å². The second-order valence-electron chi connectivity index (χ2n) is 1.48. The summed E-state index contributed by atoms with van der Waals surface area (Å²) in [5.74, 6) is -0.449. The van der Waals surface area contributed by atoms with E-state index >= 15 is 0 Å². The molecule has 1 radical (unpaired) electrons. The Morgan fingerprint density at radius 3 is 2.33 bits per heavy atom. The molecule has 0 fully saturated rings. The summed E-state index contributed by atoms with van der Waals surface area (Å²) >= 11 is 0. The molecule has 1 rings (SSSR count). The molecule has 0 atom stereocenters. The molecule has 0 saturated carbocycles. The zero-order valence-corrected chi connectivity index (χ0v) is 7.13. The molecular formula is C6H5FNaO. The first kappa shape index (κ1) is 8.95. The van der Waals surface area contributed by atoms with Crippen LogP contribution in [0.3, 0.4) is 0 Å². The molecule has 0 heterocycles. The van der Waals surface area contributed by atoms with Gasteiger partial charge in [-0.3, -0.25) is 0 Å². The first-order chi connectivity index (χ1) is 3.79. The van der Waals surface area contributed by atoms with Crippen molar-refractivity contribution in [1.29, 1.82) is 0 Å². The maximum absolute atomic E-state index is 12.0. The van der Waals surface area contributed by atoms with Crippen molar-refractivity contribution in [2.45, 2.75) is 0 Å². The molecule has 0 bridgehead atoms. The summed E-state index contributed by atoms with van der Waals surface area (Å²) < 4.78 is 12.0. The maximum atomic E-state index is 12.0. The van der Waals surface area contributed by atoms with Crippen LogP contribution in [0.15, 0.2) is 24.3 Å². The number of hydrogen-bond acceptors (Lipinski definition) is 1. The average Bonchev–Trinajstić information content (AvgIpc) is 1.64. The Morgan fingerprint density at radius 2 is 2.00 bits per heavy atom. The molecule has 0 saturated heterocycles. The van der Waals surface area contributed by atoms with Gasteiger partial charge in [0.25, 0.3) is 0 Å². The second kappa shape index (κ2) is 3.88. The predicted octanol–water partition coefficient (Wildman–Crippen LogP) is 1.15. The van der Waals surface area contributed by atoms with Gasteiger partial charge < -0.3 is 5.11 Å². The van der Waals surface area contributed by atoms with E-state index in [1.807, 2.05) is 0 Å². The normalized spacial score (nSPS) is 8.11. The van der Waals surface area contributed by atoms with Crippen LogP contribution in [0.25, 0.3) is 0 Å². The number of halogens is 1. The Bertz CT molecular complexity index is 173. The van der Waals surface area contributed by atoms with Crippen molar-refractivity contribution in [2.24, 2.45) is 0 Å². The molecule has 0 unspecified atom stereocenters. The van der Waals surface area contributed by atoms with Gasteiger partial charge >= 0.3 is 0 Å². The Balaban J connectivity index is 0.000000640. The first-order valence-corrected chi connectivity index (χ1v) is 2.23. The Hall–Kier alpha value is -0.0500. The molecule has 1 N–H and O–H groups in total. The summed E-state index contributed by atoms with van der Waals surface area (Å²) in [6.07, 6.45) is 0. The quantitative estimate of drug-likeness (QED) is 0.529. The molecule has 0 spiro atoms. The summed E-state index contributed by atoms with van der Waals surface area (Å²) in [5, 5.41) is 8.57. The summed E-state index contributed by atoms with van der Waals surface area (Å²) in [4.78, 5) is 0. The van der Waals surface area contributed by atoms with Crippen LogP contribution in [0.4, 0.5) is 4.39 Å². The van der Waals surface area contributed by atoms with Crippen LogP contribution in [0.2, 0.25) is 0 Å². The third kappa shape index (κ3) is 2.84. The van der Waals surface area contributed by atoms with Crippen molar-refractivity contribution in [3.63, 3.8) is 0 Å². The van der Waals surface area contributed by atoms with Gasteiger partial charge in [-0.1, -0.05) is 6.07 Å². The smallest absolute Gasteiger partial charge is 0.126 e. The minimum absolute atomic E-state index is 0. The maximum Gasteiger partial charge on any atom is 0.126 e. The van der Waals surface area contributed by atoms with Crippen LogP contribution in [0.5, 0.6) is 5.75 Å². The molecule has 0 aromatic heterocycles. The van der Waals surface area contributed by atoms with Crippen LogP contribution in [-0.4, -0.2) is 34.7 Å². The Morgan fingerprint density at radius 1 is 1.33 bits per heavy atom. The van der Waals surface area contributed by atoms with Gasteiger partial charge in [0, 0.05) is 35.6 Å². The van der Waals surface area contributed by atoms with Crippen molar-refractivity contribution in [3.05, 3.63) is 30.1 Å². The van der Waals surface area contributed by atoms with E-state index in [1.54, 1.807) is 0 Å².